The smallest absolute Gasteiger partial charge is 0.123 e. The average Bonchev–Trinajstić information content (AvgIpc) is 2.40. The second kappa shape index (κ2) is 5.74. The highest BCUT2D eigenvalue weighted by molar-refractivity contribution is 5.28. The van der Waals surface area contributed by atoms with Gasteiger partial charge in [-0.3, -0.25) is 4.98 Å². The number of hydrogen-bond donors (Lipinski definition) is 1. The number of nitrogens with zero attached hydrogens (tertiary/aromatic N) is 1. The molecule has 1 atom stereocenters. The number of hydrogen-bond acceptors (Lipinski definition) is 2. The number of pyridine rings is 1. The van der Waals surface area contributed by atoms with E-state index in [-0.39, 0.29) is 5.82 Å². The molecule has 1 aromatic heterocycles. The molecule has 94 valence electrons. The number of halogens is 1. The molecule has 0 fully saturated rings. The van der Waals surface area contributed by atoms with Crippen LogP contribution in [0.5, 0.6) is 0 Å². The van der Waals surface area contributed by atoms with Crippen molar-refractivity contribution in [3.63, 3.8) is 0 Å². The van der Waals surface area contributed by atoms with Gasteiger partial charge < -0.3 is 5.11 Å². The zero-order valence-electron chi connectivity index (χ0n) is 10.3. The molecule has 0 aliphatic heterocycles. The number of aromatic nitrogens is 1. The van der Waals surface area contributed by atoms with Crippen molar-refractivity contribution in [3.8, 4) is 0 Å². The second-order valence-electron chi connectivity index (χ2n) is 4.38. The highest BCUT2D eigenvalue weighted by Crippen LogP contribution is 2.22. The lowest BCUT2D eigenvalue weighted by Gasteiger charge is -2.13. The molecule has 2 rings (SSSR count). The molecule has 0 amide bonds. The van der Waals surface area contributed by atoms with Crippen LogP contribution in [-0.2, 0) is 6.42 Å². The van der Waals surface area contributed by atoms with Crippen LogP contribution in [-0.4, -0.2) is 10.1 Å². The summed E-state index contributed by atoms with van der Waals surface area (Å²) in [5.74, 6) is -0.313. The lowest BCUT2D eigenvalue weighted by Crippen LogP contribution is -2.03. The van der Waals surface area contributed by atoms with Gasteiger partial charge in [0.2, 0.25) is 0 Å². The van der Waals surface area contributed by atoms with Gasteiger partial charge in [0, 0.05) is 11.9 Å². The topological polar surface area (TPSA) is 33.1 Å². The van der Waals surface area contributed by atoms with Crippen molar-refractivity contribution >= 4 is 0 Å². The number of rotatable bonds is 4. The van der Waals surface area contributed by atoms with E-state index in [1.54, 1.807) is 12.3 Å². The van der Waals surface area contributed by atoms with E-state index < -0.39 is 6.10 Å². The van der Waals surface area contributed by atoms with Crippen LogP contribution in [0, 0.1) is 12.7 Å². The molecule has 2 nitrogen and oxygen atoms in total. The fraction of sp³-hybridized carbons (Fsp3) is 0.267. The molecule has 1 N–H and O–H groups in total. The molecule has 1 aromatic carbocycles. The van der Waals surface area contributed by atoms with Gasteiger partial charge in [0.25, 0.3) is 0 Å². The maximum absolute atomic E-state index is 13.1. The van der Waals surface area contributed by atoms with Gasteiger partial charge in [0.15, 0.2) is 0 Å². The Bertz CT molecular complexity index is 513. The van der Waals surface area contributed by atoms with Crippen LogP contribution in [0.15, 0.2) is 42.6 Å². The summed E-state index contributed by atoms with van der Waals surface area (Å²) in [4.78, 5) is 4.20. The maximum Gasteiger partial charge on any atom is 0.123 e. The molecule has 0 saturated heterocycles. The quantitative estimate of drug-likeness (QED) is 0.897. The van der Waals surface area contributed by atoms with Crippen molar-refractivity contribution in [2.24, 2.45) is 0 Å². The van der Waals surface area contributed by atoms with Crippen LogP contribution in [0.2, 0.25) is 0 Å². The van der Waals surface area contributed by atoms with Gasteiger partial charge in [-0.1, -0.05) is 12.1 Å². The second-order valence-corrected chi connectivity index (χ2v) is 4.38. The van der Waals surface area contributed by atoms with E-state index in [0.717, 1.165) is 11.3 Å². The van der Waals surface area contributed by atoms with E-state index in [0.29, 0.717) is 18.4 Å². The fourth-order valence-electron chi connectivity index (χ4n) is 1.96. The van der Waals surface area contributed by atoms with Gasteiger partial charge in [-0.15, -0.1) is 0 Å². The summed E-state index contributed by atoms with van der Waals surface area (Å²) in [6.07, 6.45) is 2.30. The van der Waals surface area contributed by atoms with Crippen LogP contribution < -0.4 is 0 Å². The summed E-state index contributed by atoms with van der Waals surface area (Å²) >= 11 is 0. The van der Waals surface area contributed by atoms with Crippen LogP contribution >= 0.6 is 0 Å². The molecule has 2 aromatic rings. The summed E-state index contributed by atoms with van der Waals surface area (Å²) < 4.78 is 13.1. The Morgan fingerprint density at radius 2 is 2.11 bits per heavy atom. The van der Waals surface area contributed by atoms with Gasteiger partial charge in [0.1, 0.15) is 5.82 Å². The van der Waals surface area contributed by atoms with Gasteiger partial charge >= 0.3 is 0 Å². The van der Waals surface area contributed by atoms with Crippen molar-refractivity contribution in [3.05, 3.63) is 65.2 Å². The maximum atomic E-state index is 13.1. The Hall–Kier alpha value is -1.74. The van der Waals surface area contributed by atoms with Crippen molar-refractivity contribution in [1.29, 1.82) is 0 Å². The molecular weight excluding hydrogens is 229 g/mol. The standard InChI is InChI=1S/C15H16FNO/c1-11-5-6-12(16)10-14(11)15(18)8-7-13-4-2-3-9-17-13/h2-6,9-10,15,18H,7-8H2,1H3. The van der Waals surface area contributed by atoms with E-state index in [4.69, 9.17) is 0 Å². The third kappa shape index (κ3) is 3.14. The Kier molecular flexibility index (Phi) is 4.05. The highest BCUT2D eigenvalue weighted by atomic mass is 19.1. The van der Waals surface area contributed by atoms with Crippen LogP contribution in [0.4, 0.5) is 4.39 Å². The molecule has 1 unspecified atom stereocenters. The summed E-state index contributed by atoms with van der Waals surface area (Å²) in [5, 5.41) is 10.1. The number of aryl methyl sites for hydroxylation is 2. The van der Waals surface area contributed by atoms with Gasteiger partial charge in [0.05, 0.1) is 6.10 Å². The van der Waals surface area contributed by atoms with Gasteiger partial charge in [-0.05, 0) is 55.2 Å². The summed E-state index contributed by atoms with van der Waals surface area (Å²) in [6.45, 7) is 1.87. The lowest BCUT2D eigenvalue weighted by atomic mass is 9.99. The van der Waals surface area contributed by atoms with Gasteiger partial charge in [-0.2, -0.15) is 0 Å². The lowest BCUT2D eigenvalue weighted by molar-refractivity contribution is 0.166. The fourth-order valence-corrected chi connectivity index (χ4v) is 1.96. The van der Waals surface area contributed by atoms with Crippen molar-refractivity contribution in [2.75, 3.05) is 0 Å². The minimum atomic E-state index is -0.650. The first-order chi connectivity index (χ1) is 8.66. The van der Waals surface area contributed by atoms with Crippen molar-refractivity contribution in [1.82, 2.24) is 4.98 Å². The predicted molar refractivity (Wildman–Crippen MR) is 68.7 cm³/mol. The third-order valence-electron chi connectivity index (χ3n) is 3.00. The third-order valence-corrected chi connectivity index (χ3v) is 3.00. The predicted octanol–water partition coefficient (Wildman–Crippen LogP) is 3.20. The van der Waals surface area contributed by atoms with E-state index >= 15 is 0 Å². The Balaban J connectivity index is 2.03. The van der Waals surface area contributed by atoms with Crippen molar-refractivity contribution in [2.45, 2.75) is 25.9 Å². The molecule has 18 heavy (non-hydrogen) atoms. The number of benzene rings is 1. The average molecular weight is 245 g/mol. The summed E-state index contributed by atoms with van der Waals surface area (Å²) in [5.41, 5.74) is 2.50. The Morgan fingerprint density at radius 1 is 1.28 bits per heavy atom. The van der Waals surface area contributed by atoms with Gasteiger partial charge in [-0.25, -0.2) is 4.39 Å². The van der Waals surface area contributed by atoms with Crippen LogP contribution in [0.1, 0.15) is 29.3 Å². The van der Waals surface area contributed by atoms with E-state index in [1.807, 2.05) is 25.1 Å². The Morgan fingerprint density at radius 3 is 2.83 bits per heavy atom. The minimum absolute atomic E-state index is 0.313. The zero-order valence-corrected chi connectivity index (χ0v) is 10.3. The molecule has 3 heteroatoms. The summed E-state index contributed by atoms with van der Waals surface area (Å²) in [7, 11) is 0. The SMILES string of the molecule is Cc1ccc(F)cc1C(O)CCc1ccccn1. The highest BCUT2D eigenvalue weighted by Gasteiger charge is 2.11. The molecule has 1 heterocycles. The first-order valence-corrected chi connectivity index (χ1v) is 6.01. The minimum Gasteiger partial charge on any atom is -0.388 e. The van der Waals surface area contributed by atoms with E-state index in [1.165, 1.54) is 12.1 Å². The van der Waals surface area contributed by atoms with Crippen molar-refractivity contribution < 1.29 is 9.50 Å². The van der Waals surface area contributed by atoms with E-state index in [2.05, 4.69) is 4.98 Å². The first kappa shape index (κ1) is 12.7. The molecule has 0 aliphatic carbocycles. The normalized spacial score (nSPS) is 12.4. The Labute approximate surface area is 106 Å². The largest absolute Gasteiger partial charge is 0.388 e. The zero-order chi connectivity index (χ0) is 13.0. The molecule has 0 saturated carbocycles. The van der Waals surface area contributed by atoms with E-state index in [9.17, 15) is 9.50 Å². The molecule has 0 radical (unpaired) electrons. The monoisotopic (exact) mass is 245 g/mol. The molecule has 0 spiro atoms. The summed E-state index contributed by atoms with van der Waals surface area (Å²) in [6, 6.07) is 10.2. The molecule has 0 bridgehead atoms. The molecular formula is C15H16FNO. The number of aliphatic hydroxyl groups is 1. The molecule has 0 aliphatic rings. The first-order valence-electron chi connectivity index (χ1n) is 6.01. The van der Waals surface area contributed by atoms with Crippen LogP contribution in [0.25, 0.3) is 0 Å². The number of aliphatic hydroxyl groups excluding tert-OH is 1. The van der Waals surface area contributed by atoms with Crippen LogP contribution in [0.3, 0.4) is 0 Å².